The SMILES string of the molecule is CCC1CCC(O)(CC(CC)CC)CC1. The smallest absolute Gasteiger partial charge is 0.0650 e. The lowest BCUT2D eigenvalue weighted by Crippen LogP contribution is -2.35. The van der Waals surface area contributed by atoms with Crippen LogP contribution in [0.4, 0.5) is 0 Å². The molecule has 0 aromatic heterocycles. The third-order valence-corrected chi connectivity index (χ3v) is 4.44. The molecule has 0 spiro atoms. The molecule has 1 rings (SSSR count). The molecule has 0 amide bonds. The van der Waals surface area contributed by atoms with Crippen LogP contribution in [0.2, 0.25) is 0 Å². The van der Waals surface area contributed by atoms with E-state index in [0.717, 1.165) is 31.1 Å². The van der Waals surface area contributed by atoms with Crippen LogP contribution in [-0.2, 0) is 0 Å². The summed E-state index contributed by atoms with van der Waals surface area (Å²) in [6.07, 6.45) is 9.34. The third kappa shape index (κ3) is 3.79. The van der Waals surface area contributed by atoms with Gasteiger partial charge in [-0.25, -0.2) is 0 Å². The number of hydrogen-bond acceptors (Lipinski definition) is 1. The number of rotatable bonds is 5. The molecule has 0 bridgehead atoms. The first-order valence-corrected chi connectivity index (χ1v) is 6.86. The highest BCUT2D eigenvalue weighted by Gasteiger charge is 2.33. The van der Waals surface area contributed by atoms with E-state index in [4.69, 9.17) is 0 Å². The van der Waals surface area contributed by atoms with Gasteiger partial charge in [-0.15, -0.1) is 0 Å². The third-order valence-electron chi connectivity index (χ3n) is 4.44. The van der Waals surface area contributed by atoms with Gasteiger partial charge < -0.3 is 5.11 Å². The molecule has 0 aliphatic heterocycles. The summed E-state index contributed by atoms with van der Waals surface area (Å²) in [5.74, 6) is 1.61. The average Bonchev–Trinajstić information content (AvgIpc) is 2.27. The fourth-order valence-electron chi connectivity index (χ4n) is 2.94. The summed E-state index contributed by atoms with van der Waals surface area (Å²) in [5, 5.41) is 10.5. The fraction of sp³-hybridized carbons (Fsp3) is 1.00. The van der Waals surface area contributed by atoms with Crippen molar-refractivity contribution < 1.29 is 5.11 Å². The maximum absolute atomic E-state index is 10.5. The van der Waals surface area contributed by atoms with Gasteiger partial charge in [0.05, 0.1) is 5.60 Å². The molecular weight excluding hydrogens is 184 g/mol. The molecular formula is C14H28O. The van der Waals surface area contributed by atoms with Gasteiger partial charge >= 0.3 is 0 Å². The molecule has 1 N–H and O–H groups in total. The maximum Gasteiger partial charge on any atom is 0.0650 e. The first-order valence-electron chi connectivity index (χ1n) is 6.86. The first-order chi connectivity index (χ1) is 7.13. The van der Waals surface area contributed by atoms with E-state index in [1.54, 1.807) is 0 Å². The van der Waals surface area contributed by atoms with Crippen LogP contribution in [0.5, 0.6) is 0 Å². The van der Waals surface area contributed by atoms with E-state index >= 15 is 0 Å². The zero-order valence-electron chi connectivity index (χ0n) is 10.8. The summed E-state index contributed by atoms with van der Waals surface area (Å²) < 4.78 is 0. The average molecular weight is 212 g/mol. The molecule has 1 fully saturated rings. The van der Waals surface area contributed by atoms with Crippen molar-refractivity contribution in [3.05, 3.63) is 0 Å². The summed E-state index contributed by atoms with van der Waals surface area (Å²) >= 11 is 0. The summed E-state index contributed by atoms with van der Waals surface area (Å²) in [4.78, 5) is 0. The van der Waals surface area contributed by atoms with Crippen LogP contribution in [0, 0.1) is 11.8 Å². The number of aliphatic hydroxyl groups is 1. The molecule has 0 aromatic rings. The molecule has 0 saturated heterocycles. The first kappa shape index (κ1) is 13.0. The summed E-state index contributed by atoms with van der Waals surface area (Å²) in [5.41, 5.74) is -0.317. The maximum atomic E-state index is 10.5. The molecule has 0 unspecified atom stereocenters. The van der Waals surface area contributed by atoms with Crippen LogP contribution < -0.4 is 0 Å². The van der Waals surface area contributed by atoms with Crippen molar-refractivity contribution in [3.63, 3.8) is 0 Å². The second kappa shape index (κ2) is 5.89. The van der Waals surface area contributed by atoms with Gasteiger partial charge in [0.25, 0.3) is 0 Å². The molecule has 0 radical (unpaired) electrons. The molecule has 1 aliphatic carbocycles. The molecule has 0 heterocycles. The Labute approximate surface area is 95.3 Å². The van der Waals surface area contributed by atoms with E-state index in [1.165, 1.54) is 32.1 Å². The lowest BCUT2D eigenvalue weighted by molar-refractivity contribution is -0.0304. The van der Waals surface area contributed by atoms with Gasteiger partial charge in [-0.1, -0.05) is 40.0 Å². The largest absolute Gasteiger partial charge is 0.390 e. The van der Waals surface area contributed by atoms with E-state index in [-0.39, 0.29) is 5.60 Å². The predicted octanol–water partition coefficient (Wildman–Crippen LogP) is 4.14. The Morgan fingerprint density at radius 2 is 1.67 bits per heavy atom. The van der Waals surface area contributed by atoms with Crippen LogP contribution in [0.1, 0.15) is 72.1 Å². The topological polar surface area (TPSA) is 20.2 Å². The highest BCUT2D eigenvalue weighted by Crippen LogP contribution is 2.38. The molecule has 1 nitrogen and oxygen atoms in total. The lowest BCUT2D eigenvalue weighted by atomic mass is 9.73. The van der Waals surface area contributed by atoms with E-state index in [0.29, 0.717) is 0 Å². The van der Waals surface area contributed by atoms with Crippen molar-refractivity contribution in [2.45, 2.75) is 77.7 Å². The highest BCUT2D eigenvalue weighted by atomic mass is 16.3. The summed E-state index contributed by atoms with van der Waals surface area (Å²) in [7, 11) is 0. The Morgan fingerprint density at radius 3 is 2.07 bits per heavy atom. The van der Waals surface area contributed by atoms with Crippen LogP contribution in [0.15, 0.2) is 0 Å². The Kier molecular flexibility index (Phi) is 5.11. The molecule has 1 saturated carbocycles. The van der Waals surface area contributed by atoms with Gasteiger partial charge in [-0.3, -0.25) is 0 Å². The minimum atomic E-state index is -0.317. The van der Waals surface area contributed by atoms with E-state index in [9.17, 15) is 5.11 Å². The van der Waals surface area contributed by atoms with Gasteiger partial charge in [0.15, 0.2) is 0 Å². The monoisotopic (exact) mass is 212 g/mol. The Balaban J connectivity index is 2.40. The van der Waals surface area contributed by atoms with Gasteiger partial charge in [0, 0.05) is 0 Å². The van der Waals surface area contributed by atoms with Crippen LogP contribution in [0.25, 0.3) is 0 Å². The second-order valence-electron chi connectivity index (χ2n) is 5.46. The molecule has 90 valence electrons. The van der Waals surface area contributed by atoms with Gasteiger partial charge in [0.2, 0.25) is 0 Å². The summed E-state index contributed by atoms with van der Waals surface area (Å²) in [6.45, 7) is 6.76. The van der Waals surface area contributed by atoms with Crippen LogP contribution >= 0.6 is 0 Å². The van der Waals surface area contributed by atoms with Crippen molar-refractivity contribution in [1.82, 2.24) is 0 Å². The van der Waals surface area contributed by atoms with E-state index < -0.39 is 0 Å². The quantitative estimate of drug-likeness (QED) is 0.726. The van der Waals surface area contributed by atoms with Crippen molar-refractivity contribution in [3.8, 4) is 0 Å². The van der Waals surface area contributed by atoms with Crippen LogP contribution in [0.3, 0.4) is 0 Å². The van der Waals surface area contributed by atoms with Crippen molar-refractivity contribution in [2.24, 2.45) is 11.8 Å². The molecule has 1 aliphatic rings. The lowest BCUT2D eigenvalue weighted by Gasteiger charge is -2.38. The van der Waals surface area contributed by atoms with E-state index in [2.05, 4.69) is 20.8 Å². The predicted molar refractivity (Wildman–Crippen MR) is 65.9 cm³/mol. The molecule has 0 atom stereocenters. The highest BCUT2D eigenvalue weighted by molar-refractivity contribution is 4.86. The van der Waals surface area contributed by atoms with Gasteiger partial charge in [0.1, 0.15) is 0 Å². The van der Waals surface area contributed by atoms with Gasteiger partial charge in [-0.05, 0) is 43.9 Å². The molecule has 15 heavy (non-hydrogen) atoms. The molecule has 1 heteroatoms. The second-order valence-corrected chi connectivity index (χ2v) is 5.46. The van der Waals surface area contributed by atoms with Crippen molar-refractivity contribution in [2.75, 3.05) is 0 Å². The van der Waals surface area contributed by atoms with Crippen molar-refractivity contribution >= 4 is 0 Å². The zero-order valence-corrected chi connectivity index (χ0v) is 10.8. The van der Waals surface area contributed by atoms with Gasteiger partial charge in [-0.2, -0.15) is 0 Å². The summed E-state index contributed by atoms with van der Waals surface area (Å²) in [6, 6.07) is 0. The minimum Gasteiger partial charge on any atom is -0.390 e. The Bertz CT molecular complexity index is 164. The minimum absolute atomic E-state index is 0.317. The number of hydrogen-bond donors (Lipinski definition) is 1. The fourth-order valence-corrected chi connectivity index (χ4v) is 2.94. The Hall–Kier alpha value is -0.0400. The van der Waals surface area contributed by atoms with Crippen LogP contribution in [-0.4, -0.2) is 10.7 Å². The normalized spacial score (nSPS) is 32.2. The van der Waals surface area contributed by atoms with Crippen molar-refractivity contribution in [1.29, 1.82) is 0 Å². The van der Waals surface area contributed by atoms with E-state index in [1.807, 2.05) is 0 Å². The standard InChI is InChI=1S/C14H28O/c1-4-12(5-2)11-14(15)9-7-13(6-3)8-10-14/h12-13,15H,4-11H2,1-3H3. The molecule has 0 aromatic carbocycles. The zero-order chi connectivity index (χ0) is 11.3. The Morgan fingerprint density at radius 1 is 1.13 bits per heavy atom.